The molecular weight excluding hydrogens is 292 g/mol. The molecule has 2 N–H and O–H groups in total. The SMILES string of the molecule is COc1ccc(CNC(=O)C2CCCNC2)c(OC)c1.Cl. The number of hydrogen-bond acceptors (Lipinski definition) is 4. The molecule has 5 nitrogen and oxygen atoms in total. The maximum Gasteiger partial charge on any atom is 0.224 e. The number of carbonyl (C=O) groups excluding carboxylic acids is 1. The topological polar surface area (TPSA) is 59.6 Å². The van der Waals surface area contributed by atoms with Crippen LogP contribution in [-0.4, -0.2) is 33.2 Å². The number of benzene rings is 1. The Kier molecular flexibility index (Phi) is 7.32. The molecule has 1 aromatic carbocycles. The van der Waals surface area contributed by atoms with Crippen molar-refractivity contribution in [2.75, 3.05) is 27.3 Å². The number of carbonyl (C=O) groups is 1. The van der Waals surface area contributed by atoms with Gasteiger partial charge in [-0.2, -0.15) is 0 Å². The molecule has 1 heterocycles. The van der Waals surface area contributed by atoms with Crippen molar-refractivity contribution in [3.05, 3.63) is 23.8 Å². The first-order valence-corrected chi connectivity index (χ1v) is 6.94. The number of amides is 1. The lowest BCUT2D eigenvalue weighted by atomic mass is 9.99. The molecule has 0 spiro atoms. The highest BCUT2D eigenvalue weighted by Crippen LogP contribution is 2.24. The van der Waals surface area contributed by atoms with Gasteiger partial charge in [0, 0.05) is 24.7 Å². The third-order valence-electron chi connectivity index (χ3n) is 3.61. The molecular formula is C15H23ClN2O3. The van der Waals surface area contributed by atoms with Crippen molar-refractivity contribution in [2.24, 2.45) is 5.92 Å². The summed E-state index contributed by atoms with van der Waals surface area (Å²) < 4.78 is 10.5. The van der Waals surface area contributed by atoms with Gasteiger partial charge in [-0.05, 0) is 31.5 Å². The van der Waals surface area contributed by atoms with E-state index in [9.17, 15) is 4.79 Å². The third kappa shape index (κ3) is 4.79. The van der Waals surface area contributed by atoms with Gasteiger partial charge < -0.3 is 20.1 Å². The Hall–Kier alpha value is -1.46. The van der Waals surface area contributed by atoms with Crippen molar-refractivity contribution < 1.29 is 14.3 Å². The zero-order chi connectivity index (χ0) is 14.4. The van der Waals surface area contributed by atoms with Crippen molar-refractivity contribution in [3.8, 4) is 11.5 Å². The molecule has 1 saturated heterocycles. The molecule has 0 aliphatic carbocycles. The lowest BCUT2D eigenvalue weighted by Gasteiger charge is -2.22. The zero-order valence-corrected chi connectivity index (χ0v) is 13.3. The monoisotopic (exact) mass is 314 g/mol. The van der Waals surface area contributed by atoms with Crippen LogP contribution >= 0.6 is 12.4 Å². The molecule has 1 amide bonds. The molecule has 0 aromatic heterocycles. The Morgan fingerprint density at radius 1 is 1.38 bits per heavy atom. The van der Waals surface area contributed by atoms with Crippen molar-refractivity contribution in [1.82, 2.24) is 10.6 Å². The van der Waals surface area contributed by atoms with Crippen LogP contribution in [0, 0.1) is 5.92 Å². The predicted molar refractivity (Wildman–Crippen MR) is 84.2 cm³/mol. The van der Waals surface area contributed by atoms with Gasteiger partial charge in [0.15, 0.2) is 0 Å². The molecule has 21 heavy (non-hydrogen) atoms. The van der Waals surface area contributed by atoms with E-state index >= 15 is 0 Å². The van der Waals surface area contributed by atoms with E-state index in [4.69, 9.17) is 9.47 Å². The van der Waals surface area contributed by atoms with E-state index in [-0.39, 0.29) is 24.2 Å². The first-order valence-electron chi connectivity index (χ1n) is 6.94. The first kappa shape index (κ1) is 17.6. The molecule has 1 fully saturated rings. The Labute approximate surface area is 131 Å². The van der Waals surface area contributed by atoms with Gasteiger partial charge in [-0.25, -0.2) is 0 Å². The summed E-state index contributed by atoms with van der Waals surface area (Å²) in [6.45, 7) is 2.25. The van der Waals surface area contributed by atoms with Gasteiger partial charge in [0.25, 0.3) is 0 Å². The van der Waals surface area contributed by atoms with E-state index < -0.39 is 0 Å². The number of hydrogen-bond donors (Lipinski definition) is 2. The van der Waals surface area contributed by atoms with E-state index in [2.05, 4.69) is 10.6 Å². The average Bonchev–Trinajstić information content (AvgIpc) is 2.53. The minimum atomic E-state index is 0. The summed E-state index contributed by atoms with van der Waals surface area (Å²) >= 11 is 0. The minimum absolute atomic E-state index is 0. The maximum absolute atomic E-state index is 12.1. The Morgan fingerprint density at radius 2 is 2.19 bits per heavy atom. The molecule has 1 aliphatic heterocycles. The molecule has 2 rings (SSSR count). The summed E-state index contributed by atoms with van der Waals surface area (Å²) in [5.41, 5.74) is 0.949. The Bertz CT molecular complexity index is 462. The van der Waals surface area contributed by atoms with Crippen molar-refractivity contribution in [2.45, 2.75) is 19.4 Å². The van der Waals surface area contributed by atoms with E-state index in [0.29, 0.717) is 6.54 Å². The molecule has 6 heteroatoms. The number of piperidine rings is 1. The normalized spacial score (nSPS) is 17.5. The van der Waals surface area contributed by atoms with Gasteiger partial charge in [-0.15, -0.1) is 12.4 Å². The van der Waals surface area contributed by atoms with Crippen LogP contribution in [0.4, 0.5) is 0 Å². The maximum atomic E-state index is 12.1. The summed E-state index contributed by atoms with van der Waals surface area (Å²) in [4.78, 5) is 12.1. The van der Waals surface area contributed by atoms with Crippen LogP contribution in [0.3, 0.4) is 0 Å². The summed E-state index contributed by atoms with van der Waals surface area (Å²) in [5, 5.41) is 6.23. The Balaban J connectivity index is 0.00000220. The summed E-state index contributed by atoms with van der Waals surface area (Å²) in [6.07, 6.45) is 2.02. The van der Waals surface area contributed by atoms with Gasteiger partial charge >= 0.3 is 0 Å². The van der Waals surface area contributed by atoms with E-state index in [0.717, 1.165) is 43.0 Å². The highest BCUT2D eigenvalue weighted by atomic mass is 35.5. The van der Waals surface area contributed by atoms with Crippen molar-refractivity contribution in [1.29, 1.82) is 0 Å². The predicted octanol–water partition coefficient (Wildman–Crippen LogP) is 1.74. The first-order chi connectivity index (χ1) is 9.74. The van der Waals surface area contributed by atoms with Gasteiger partial charge in [0.05, 0.1) is 20.1 Å². The standard InChI is InChI=1S/C15H22N2O3.ClH/c1-19-13-6-5-11(14(8-13)20-2)10-17-15(18)12-4-3-7-16-9-12;/h5-6,8,12,16H,3-4,7,9-10H2,1-2H3,(H,17,18);1H. The fourth-order valence-corrected chi connectivity index (χ4v) is 2.40. The lowest BCUT2D eigenvalue weighted by Crippen LogP contribution is -2.40. The average molecular weight is 315 g/mol. The molecule has 0 bridgehead atoms. The molecule has 1 atom stereocenters. The molecule has 1 unspecified atom stereocenters. The van der Waals surface area contributed by atoms with Gasteiger partial charge in [-0.3, -0.25) is 4.79 Å². The molecule has 118 valence electrons. The van der Waals surface area contributed by atoms with Gasteiger partial charge in [0.2, 0.25) is 5.91 Å². The molecule has 0 radical (unpaired) electrons. The molecule has 0 saturated carbocycles. The van der Waals surface area contributed by atoms with Crippen LogP contribution in [0.15, 0.2) is 18.2 Å². The van der Waals surface area contributed by atoms with E-state index in [1.165, 1.54) is 0 Å². The zero-order valence-electron chi connectivity index (χ0n) is 12.5. The Morgan fingerprint density at radius 3 is 2.81 bits per heavy atom. The second-order valence-electron chi connectivity index (χ2n) is 4.94. The smallest absolute Gasteiger partial charge is 0.224 e. The van der Waals surface area contributed by atoms with Gasteiger partial charge in [0.1, 0.15) is 11.5 Å². The number of halogens is 1. The fourth-order valence-electron chi connectivity index (χ4n) is 2.40. The van der Waals surface area contributed by atoms with Crippen LogP contribution in [0.5, 0.6) is 11.5 Å². The van der Waals surface area contributed by atoms with E-state index in [1.807, 2.05) is 18.2 Å². The number of rotatable bonds is 5. The third-order valence-corrected chi connectivity index (χ3v) is 3.61. The van der Waals surface area contributed by atoms with Crippen molar-refractivity contribution in [3.63, 3.8) is 0 Å². The molecule has 1 aliphatic rings. The minimum Gasteiger partial charge on any atom is -0.497 e. The van der Waals surface area contributed by atoms with Crippen LogP contribution in [0.1, 0.15) is 18.4 Å². The summed E-state index contributed by atoms with van der Waals surface area (Å²) in [5.74, 6) is 1.66. The second-order valence-corrected chi connectivity index (χ2v) is 4.94. The lowest BCUT2D eigenvalue weighted by molar-refractivity contribution is -0.125. The van der Waals surface area contributed by atoms with Crippen LogP contribution in [0.2, 0.25) is 0 Å². The second kappa shape index (κ2) is 8.74. The quantitative estimate of drug-likeness (QED) is 0.869. The number of methoxy groups -OCH3 is 2. The van der Waals surface area contributed by atoms with Crippen molar-refractivity contribution >= 4 is 18.3 Å². The fraction of sp³-hybridized carbons (Fsp3) is 0.533. The highest BCUT2D eigenvalue weighted by Gasteiger charge is 2.20. The van der Waals surface area contributed by atoms with Crippen LogP contribution in [-0.2, 0) is 11.3 Å². The van der Waals surface area contributed by atoms with Crippen LogP contribution < -0.4 is 20.1 Å². The molecule has 1 aromatic rings. The number of ether oxygens (including phenoxy) is 2. The van der Waals surface area contributed by atoms with Crippen LogP contribution in [0.25, 0.3) is 0 Å². The summed E-state index contributed by atoms with van der Waals surface area (Å²) in [7, 11) is 3.23. The van der Waals surface area contributed by atoms with E-state index in [1.54, 1.807) is 14.2 Å². The number of nitrogens with one attached hydrogen (secondary N) is 2. The largest absolute Gasteiger partial charge is 0.497 e. The summed E-state index contributed by atoms with van der Waals surface area (Å²) in [6, 6.07) is 5.60. The highest BCUT2D eigenvalue weighted by molar-refractivity contribution is 5.85. The van der Waals surface area contributed by atoms with Gasteiger partial charge in [-0.1, -0.05) is 0 Å².